The molecule has 1 rings (SSSR count). The molecule has 1 heterocycles. The van der Waals surface area contributed by atoms with Crippen LogP contribution in [0.2, 0.25) is 0 Å². The van der Waals surface area contributed by atoms with Crippen LogP contribution in [0, 0.1) is 22.7 Å². The molecule has 0 spiro atoms. The van der Waals surface area contributed by atoms with Crippen molar-refractivity contribution in [1.29, 1.82) is 10.5 Å². The van der Waals surface area contributed by atoms with E-state index in [1.807, 2.05) is 4.98 Å². The molecule has 5 nitrogen and oxygen atoms in total. The third kappa shape index (κ3) is 3.14. The molecule has 1 aromatic rings. The molecule has 0 aromatic carbocycles. The quantitative estimate of drug-likeness (QED) is 0.574. The average molecular weight is 254 g/mol. The van der Waals surface area contributed by atoms with Gasteiger partial charge in [0, 0.05) is 0 Å². The van der Waals surface area contributed by atoms with Gasteiger partial charge in [-0.05, 0) is 0 Å². The van der Waals surface area contributed by atoms with Gasteiger partial charge in [-0.25, -0.2) is 4.98 Å². The van der Waals surface area contributed by atoms with E-state index in [4.69, 9.17) is 10.5 Å². The number of aromatic nitrogens is 2. The van der Waals surface area contributed by atoms with E-state index in [0.717, 1.165) is 0 Å². The number of carbonyl (C=O) groups excluding carboxylic acids is 1. The summed E-state index contributed by atoms with van der Waals surface area (Å²) >= 11 is 0. The molecular formula is C7H2F3KN4O. The molecule has 0 amide bonds. The Balaban J connectivity index is 0.00000225. The van der Waals surface area contributed by atoms with E-state index in [0.29, 0.717) is 0 Å². The number of halogens is 3. The predicted molar refractivity (Wildman–Crippen MR) is 45.6 cm³/mol. The first-order valence-corrected chi connectivity index (χ1v) is 3.42. The van der Waals surface area contributed by atoms with E-state index in [-0.39, 0.29) is 51.4 Å². The van der Waals surface area contributed by atoms with Gasteiger partial charge >= 0.3 is 63.3 Å². The second-order valence-electron chi connectivity index (χ2n) is 2.36. The summed E-state index contributed by atoms with van der Waals surface area (Å²) in [6.07, 6.45) is -5.09. The summed E-state index contributed by atoms with van der Waals surface area (Å²) in [5, 5.41) is 16.8. The van der Waals surface area contributed by atoms with E-state index >= 15 is 0 Å². The molecule has 0 saturated carbocycles. The molecule has 0 atom stereocenters. The number of nitriles is 2. The molecule has 0 radical (unpaired) electrons. The van der Waals surface area contributed by atoms with Crippen molar-refractivity contribution < 1.29 is 18.0 Å². The fourth-order valence-corrected chi connectivity index (χ4v) is 0.777. The number of alkyl halides is 3. The van der Waals surface area contributed by atoms with Gasteiger partial charge < -0.3 is 4.98 Å². The van der Waals surface area contributed by atoms with Crippen LogP contribution >= 0.6 is 0 Å². The summed E-state index contributed by atoms with van der Waals surface area (Å²) in [6.45, 7) is 0. The number of hydrogen-bond acceptors (Lipinski definition) is 4. The average Bonchev–Trinajstić information content (AvgIpc) is 2.57. The molecule has 1 aromatic heterocycles. The van der Waals surface area contributed by atoms with E-state index in [9.17, 15) is 18.0 Å². The molecule has 9 heteroatoms. The van der Waals surface area contributed by atoms with Crippen LogP contribution in [0.4, 0.5) is 13.2 Å². The van der Waals surface area contributed by atoms with Crippen LogP contribution in [-0.4, -0.2) is 73.3 Å². The van der Waals surface area contributed by atoms with Crippen molar-refractivity contribution in [3.8, 4) is 12.1 Å². The van der Waals surface area contributed by atoms with E-state index in [2.05, 4.69) is 4.98 Å². The second kappa shape index (κ2) is 5.57. The van der Waals surface area contributed by atoms with Crippen LogP contribution < -0.4 is 0 Å². The van der Waals surface area contributed by atoms with Gasteiger partial charge in [0.25, 0.3) is 0 Å². The zero-order valence-corrected chi connectivity index (χ0v) is 6.88. The third-order valence-electron chi connectivity index (χ3n) is 1.39. The van der Waals surface area contributed by atoms with E-state index < -0.39 is 29.2 Å². The Morgan fingerprint density at radius 3 is 2.19 bits per heavy atom. The van der Waals surface area contributed by atoms with Crippen molar-refractivity contribution in [3.05, 3.63) is 17.2 Å². The number of nitrogens with one attached hydrogen (secondary N) is 1. The van der Waals surface area contributed by atoms with Crippen LogP contribution in [0.5, 0.6) is 0 Å². The van der Waals surface area contributed by atoms with Gasteiger partial charge in [-0.15, -0.1) is 0 Å². The first-order chi connectivity index (χ1) is 6.90. The Morgan fingerprint density at radius 2 is 1.88 bits per heavy atom. The number of imidazole rings is 1. The standard InChI is InChI=1S/C7HF3N4O.K.H/c8-7(9,10)5(15)6-13-3(1-11)4(2-12)14-6;;/h(H,13,14);;. The number of carbonyl (C=O) groups is 1. The van der Waals surface area contributed by atoms with Gasteiger partial charge in [-0.2, -0.15) is 23.7 Å². The number of rotatable bonds is 1. The van der Waals surface area contributed by atoms with Gasteiger partial charge in [0.1, 0.15) is 12.1 Å². The summed E-state index contributed by atoms with van der Waals surface area (Å²) in [4.78, 5) is 15.5. The predicted octanol–water partition coefficient (Wildman–Crippen LogP) is 0.250. The zero-order valence-electron chi connectivity index (χ0n) is 6.88. The third-order valence-corrected chi connectivity index (χ3v) is 1.39. The minimum atomic E-state index is -5.09. The Hall–Kier alpha value is -0.714. The van der Waals surface area contributed by atoms with Crippen molar-refractivity contribution in [3.63, 3.8) is 0 Å². The molecule has 0 aliphatic heterocycles. The summed E-state index contributed by atoms with van der Waals surface area (Å²) in [7, 11) is 0. The second-order valence-corrected chi connectivity index (χ2v) is 2.36. The molecule has 0 aliphatic carbocycles. The fraction of sp³-hybridized carbons (Fsp3) is 0.143. The Morgan fingerprint density at radius 1 is 1.31 bits per heavy atom. The van der Waals surface area contributed by atoms with Crippen molar-refractivity contribution in [2.75, 3.05) is 0 Å². The number of ketones is 1. The molecule has 0 bridgehead atoms. The maximum atomic E-state index is 11.9. The number of hydrogen-bond donors (Lipinski definition) is 1. The van der Waals surface area contributed by atoms with Crippen molar-refractivity contribution in [2.45, 2.75) is 6.18 Å². The number of H-pyrrole nitrogens is 1. The molecule has 0 saturated heterocycles. The van der Waals surface area contributed by atoms with Crippen LogP contribution in [-0.2, 0) is 0 Å². The molecule has 78 valence electrons. The number of aromatic amines is 1. The van der Waals surface area contributed by atoms with Gasteiger partial charge in [0.2, 0.25) is 0 Å². The monoisotopic (exact) mass is 254 g/mol. The Labute approximate surface area is 130 Å². The summed E-state index contributed by atoms with van der Waals surface area (Å²) in [5.41, 5.74) is -1.00. The first-order valence-electron chi connectivity index (χ1n) is 3.42. The van der Waals surface area contributed by atoms with Gasteiger partial charge in [-0.3, -0.25) is 4.79 Å². The maximum absolute atomic E-state index is 11.9. The van der Waals surface area contributed by atoms with Crippen molar-refractivity contribution >= 4 is 57.2 Å². The molecule has 0 unspecified atom stereocenters. The summed E-state index contributed by atoms with van der Waals surface area (Å²) in [6, 6.07) is 2.80. The normalized spacial score (nSPS) is 9.81. The first kappa shape index (κ1) is 15.3. The molecule has 0 aliphatic rings. The van der Waals surface area contributed by atoms with Gasteiger partial charge in [0.15, 0.2) is 17.2 Å². The Bertz CT molecular complexity index is 462. The minimum absolute atomic E-state index is 0. The molecular weight excluding hydrogens is 252 g/mol. The van der Waals surface area contributed by atoms with Gasteiger partial charge in [0.05, 0.1) is 0 Å². The molecule has 16 heavy (non-hydrogen) atoms. The van der Waals surface area contributed by atoms with E-state index in [1.165, 1.54) is 12.1 Å². The van der Waals surface area contributed by atoms with Crippen LogP contribution in [0.3, 0.4) is 0 Å². The van der Waals surface area contributed by atoms with Crippen LogP contribution in [0.1, 0.15) is 22.0 Å². The summed E-state index contributed by atoms with van der Waals surface area (Å²) in [5.74, 6) is -3.28. The van der Waals surface area contributed by atoms with Crippen LogP contribution in [0.15, 0.2) is 0 Å². The molecule has 1 N–H and O–H groups in total. The zero-order chi connectivity index (χ0) is 11.6. The number of nitrogens with zero attached hydrogens (tertiary/aromatic N) is 3. The van der Waals surface area contributed by atoms with Crippen molar-refractivity contribution in [2.24, 2.45) is 0 Å². The topological polar surface area (TPSA) is 93.3 Å². The summed E-state index contributed by atoms with van der Waals surface area (Å²) < 4.78 is 35.7. The van der Waals surface area contributed by atoms with Gasteiger partial charge in [-0.1, -0.05) is 0 Å². The van der Waals surface area contributed by atoms with Crippen LogP contribution in [0.25, 0.3) is 0 Å². The molecule has 0 fully saturated rings. The fourth-order valence-electron chi connectivity index (χ4n) is 0.777. The van der Waals surface area contributed by atoms with Crippen molar-refractivity contribution in [1.82, 2.24) is 9.97 Å². The van der Waals surface area contributed by atoms with E-state index in [1.54, 1.807) is 0 Å². The SMILES string of the molecule is N#Cc1nc(C(=O)C(F)(F)F)[nH]c1C#N.[KH]. The number of Topliss-reactive ketones (excluding diaryl/α,β-unsaturated/α-hetero) is 1. The Kier molecular flexibility index (Phi) is 5.32.